The van der Waals surface area contributed by atoms with E-state index in [0.717, 1.165) is 11.1 Å². The molecule has 0 saturated carbocycles. The summed E-state index contributed by atoms with van der Waals surface area (Å²) >= 11 is 0. The number of benzene rings is 2. The van der Waals surface area contributed by atoms with Gasteiger partial charge in [-0.25, -0.2) is 10.3 Å². The Morgan fingerprint density at radius 3 is 2.09 bits per heavy atom. The molecule has 0 spiro atoms. The van der Waals surface area contributed by atoms with E-state index >= 15 is 0 Å². The highest BCUT2D eigenvalue weighted by atomic mass is 16.7. The number of amides is 2. The summed E-state index contributed by atoms with van der Waals surface area (Å²) in [7, 11) is 2.81. The number of rotatable bonds is 3. The lowest BCUT2D eigenvalue weighted by Gasteiger charge is -2.34. The largest absolute Gasteiger partial charge is 0.457 e. The Morgan fingerprint density at radius 2 is 1.59 bits per heavy atom. The van der Waals surface area contributed by atoms with Crippen LogP contribution in [0.25, 0.3) is 0 Å². The summed E-state index contributed by atoms with van der Waals surface area (Å²) in [4.78, 5) is 22.2. The van der Waals surface area contributed by atoms with Gasteiger partial charge in [-0.2, -0.15) is 5.06 Å². The molecule has 6 nitrogen and oxygen atoms in total. The molecule has 1 N–H and O–H groups in total. The van der Waals surface area contributed by atoms with Crippen LogP contribution in [-0.2, 0) is 9.68 Å². The van der Waals surface area contributed by atoms with E-state index in [1.165, 1.54) is 19.3 Å². The molecule has 0 unspecified atom stereocenters. The summed E-state index contributed by atoms with van der Waals surface area (Å²) in [6, 6.07) is 14.2. The molecular formula is C16H16N2O4. The molecular weight excluding hydrogens is 284 g/mol. The summed E-state index contributed by atoms with van der Waals surface area (Å²) in [5, 5.41) is 1.23. The number of para-hydroxylation sites is 2. The third kappa shape index (κ3) is 2.38. The smallest absolute Gasteiger partial charge is 0.366 e. The first-order valence-corrected chi connectivity index (χ1v) is 6.78. The second kappa shape index (κ2) is 6.05. The number of nitrogens with one attached hydrogen (secondary N) is 1. The molecule has 0 saturated heterocycles. The van der Waals surface area contributed by atoms with Crippen molar-refractivity contribution in [3.63, 3.8) is 0 Å². The van der Waals surface area contributed by atoms with Gasteiger partial charge in [0, 0.05) is 11.1 Å². The lowest BCUT2D eigenvalue weighted by Crippen LogP contribution is -2.42. The van der Waals surface area contributed by atoms with Crippen molar-refractivity contribution >= 4 is 6.03 Å². The first-order valence-electron chi connectivity index (χ1n) is 6.78. The number of fused-ring (bicyclic) bond motifs is 2. The fraction of sp³-hybridized carbons (Fsp3) is 0.188. The van der Waals surface area contributed by atoms with Crippen molar-refractivity contribution in [2.45, 2.75) is 6.04 Å². The molecule has 114 valence electrons. The van der Waals surface area contributed by atoms with Crippen molar-refractivity contribution in [3.05, 3.63) is 59.7 Å². The molecule has 1 heterocycles. The zero-order valence-corrected chi connectivity index (χ0v) is 12.3. The summed E-state index contributed by atoms with van der Waals surface area (Å²) in [6.07, 6.45) is 0. The number of ether oxygens (including phenoxy) is 1. The van der Waals surface area contributed by atoms with Crippen molar-refractivity contribution in [2.75, 3.05) is 14.2 Å². The van der Waals surface area contributed by atoms with Gasteiger partial charge in [-0.1, -0.05) is 36.4 Å². The quantitative estimate of drug-likeness (QED) is 0.885. The summed E-state index contributed by atoms with van der Waals surface area (Å²) in [6.45, 7) is 0. The highest BCUT2D eigenvalue weighted by molar-refractivity contribution is 5.74. The Hall–Kier alpha value is -2.57. The van der Waals surface area contributed by atoms with E-state index in [1.807, 2.05) is 48.5 Å². The lowest BCUT2D eigenvalue weighted by atomic mass is 9.94. The van der Waals surface area contributed by atoms with Crippen LogP contribution in [0.1, 0.15) is 17.2 Å². The van der Waals surface area contributed by atoms with Crippen molar-refractivity contribution in [1.29, 1.82) is 0 Å². The Kier molecular flexibility index (Phi) is 3.95. The molecule has 0 atom stereocenters. The maximum atomic E-state index is 12.2. The zero-order chi connectivity index (χ0) is 15.5. The van der Waals surface area contributed by atoms with Crippen LogP contribution in [0.15, 0.2) is 48.5 Å². The minimum Gasteiger partial charge on any atom is -0.457 e. The van der Waals surface area contributed by atoms with E-state index < -0.39 is 12.1 Å². The monoisotopic (exact) mass is 300 g/mol. The number of carbonyl (C=O) groups excluding carboxylic acids is 1. The normalized spacial score (nSPS) is 12.8. The van der Waals surface area contributed by atoms with E-state index in [4.69, 9.17) is 14.4 Å². The SMILES string of the molecule is CONC(=O)N(OC)C1c2ccccc2Oc2ccccc21. The van der Waals surface area contributed by atoms with E-state index in [1.54, 1.807) is 0 Å². The van der Waals surface area contributed by atoms with E-state index in [0.29, 0.717) is 11.5 Å². The molecule has 1 aliphatic heterocycles. The van der Waals surface area contributed by atoms with E-state index in [9.17, 15) is 4.79 Å². The van der Waals surface area contributed by atoms with Gasteiger partial charge in [0.25, 0.3) is 0 Å². The molecule has 2 amide bonds. The summed E-state index contributed by atoms with van der Waals surface area (Å²) in [5.74, 6) is 1.39. The van der Waals surface area contributed by atoms with Crippen LogP contribution in [0.3, 0.4) is 0 Å². The van der Waals surface area contributed by atoms with Crippen molar-refractivity contribution in [1.82, 2.24) is 10.5 Å². The molecule has 0 bridgehead atoms. The lowest BCUT2D eigenvalue weighted by molar-refractivity contribution is -0.119. The predicted octanol–water partition coefficient (Wildman–Crippen LogP) is 3.02. The standard InChI is InChI=1S/C16H16N2O4/c1-20-17-16(19)18(21-2)15-11-7-3-5-9-13(11)22-14-10-6-4-8-12(14)15/h3-10,15H,1-2H3,(H,17,19). The molecule has 2 aromatic carbocycles. The molecule has 0 radical (unpaired) electrons. The van der Waals surface area contributed by atoms with Crippen LogP contribution < -0.4 is 10.2 Å². The fourth-order valence-corrected chi connectivity index (χ4v) is 2.58. The molecule has 6 heteroatoms. The van der Waals surface area contributed by atoms with Gasteiger partial charge in [0.15, 0.2) is 0 Å². The second-order valence-electron chi connectivity index (χ2n) is 4.70. The number of nitrogens with zero attached hydrogens (tertiary/aromatic N) is 1. The molecule has 1 aliphatic rings. The first-order chi connectivity index (χ1) is 10.8. The van der Waals surface area contributed by atoms with Crippen LogP contribution in [-0.4, -0.2) is 25.3 Å². The minimum atomic E-state index is -0.499. The molecule has 0 aliphatic carbocycles. The van der Waals surface area contributed by atoms with E-state index in [-0.39, 0.29) is 0 Å². The third-order valence-electron chi connectivity index (χ3n) is 3.47. The van der Waals surface area contributed by atoms with Crippen molar-refractivity contribution in [2.24, 2.45) is 0 Å². The van der Waals surface area contributed by atoms with Crippen LogP contribution in [0.5, 0.6) is 11.5 Å². The zero-order valence-electron chi connectivity index (χ0n) is 12.3. The minimum absolute atomic E-state index is 0.429. The van der Waals surface area contributed by atoms with Crippen LogP contribution in [0.4, 0.5) is 4.79 Å². The van der Waals surface area contributed by atoms with Gasteiger partial charge in [0.2, 0.25) is 0 Å². The molecule has 2 aromatic rings. The van der Waals surface area contributed by atoms with Crippen LogP contribution in [0.2, 0.25) is 0 Å². The topological polar surface area (TPSA) is 60.0 Å². The van der Waals surface area contributed by atoms with Gasteiger partial charge < -0.3 is 4.74 Å². The third-order valence-corrected chi connectivity index (χ3v) is 3.47. The number of hydrogen-bond acceptors (Lipinski definition) is 4. The predicted molar refractivity (Wildman–Crippen MR) is 79.2 cm³/mol. The Balaban J connectivity index is 2.11. The maximum Gasteiger partial charge on any atom is 0.366 e. The Labute approximate surface area is 128 Å². The Bertz CT molecular complexity index is 644. The number of carbonyl (C=O) groups is 1. The first kappa shape index (κ1) is 14.4. The van der Waals surface area contributed by atoms with Gasteiger partial charge in [-0.05, 0) is 12.1 Å². The highest BCUT2D eigenvalue weighted by Gasteiger charge is 2.35. The number of hydroxylamine groups is 3. The average molecular weight is 300 g/mol. The van der Waals surface area contributed by atoms with Crippen LogP contribution >= 0.6 is 0 Å². The number of hydrogen-bond donors (Lipinski definition) is 1. The highest BCUT2D eigenvalue weighted by Crippen LogP contribution is 2.45. The molecule has 0 aromatic heterocycles. The van der Waals surface area contributed by atoms with Crippen molar-refractivity contribution in [3.8, 4) is 11.5 Å². The maximum absolute atomic E-state index is 12.2. The van der Waals surface area contributed by atoms with Gasteiger partial charge in [0.1, 0.15) is 17.5 Å². The summed E-state index contributed by atoms with van der Waals surface area (Å²) < 4.78 is 5.90. The van der Waals surface area contributed by atoms with Crippen molar-refractivity contribution < 1.29 is 19.2 Å². The number of urea groups is 1. The molecule has 3 rings (SSSR count). The van der Waals surface area contributed by atoms with Crippen LogP contribution in [0, 0.1) is 0 Å². The fourth-order valence-electron chi connectivity index (χ4n) is 2.58. The molecule has 22 heavy (non-hydrogen) atoms. The van der Waals surface area contributed by atoms with E-state index in [2.05, 4.69) is 5.48 Å². The average Bonchev–Trinajstić information content (AvgIpc) is 2.55. The van der Waals surface area contributed by atoms with Gasteiger partial charge in [-0.3, -0.25) is 9.68 Å². The van der Waals surface area contributed by atoms with Gasteiger partial charge in [0.05, 0.1) is 14.2 Å². The summed E-state index contributed by atoms with van der Waals surface area (Å²) in [5.41, 5.74) is 3.96. The Morgan fingerprint density at radius 1 is 1.05 bits per heavy atom. The second-order valence-corrected chi connectivity index (χ2v) is 4.70. The molecule has 0 fully saturated rings. The van der Waals surface area contributed by atoms with Gasteiger partial charge in [-0.15, -0.1) is 0 Å². The van der Waals surface area contributed by atoms with Gasteiger partial charge >= 0.3 is 6.03 Å².